The van der Waals surface area contributed by atoms with Crippen molar-refractivity contribution >= 4 is 33.1 Å². The first kappa shape index (κ1) is 14.5. The maximum Gasteiger partial charge on any atom is 0.162 e. The molecule has 0 amide bonds. The van der Waals surface area contributed by atoms with Crippen LogP contribution in [0, 0.1) is 6.92 Å². The van der Waals surface area contributed by atoms with Crippen molar-refractivity contribution in [1.29, 1.82) is 0 Å². The van der Waals surface area contributed by atoms with E-state index in [4.69, 9.17) is 0 Å². The fourth-order valence-corrected chi connectivity index (χ4v) is 3.22. The van der Waals surface area contributed by atoms with E-state index in [1.165, 1.54) is 5.56 Å². The molecule has 0 aliphatic rings. The van der Waals surface area contributed by atoms with E-state index in [0.29, 0.717) is 0 Å². The summed E-state index contributed by atoms with van der Waals surface area (Å²) in [5, 5.41) is 7.61. The van der Waals surface area contributed by atoms with Crippen LogP contribution in [-0.4, -0.2) is 16.5 Å². The van der Waals surface area contributed by atoms with Crippen LogP contribution in [0.2, 0.25) is 0 Å². The third-order valence-electron chi connectivity index (χ3n) is 2.89. The lowest BCUT2D eigenvalue weighted by molar-refractivity contribution is 0.943. The van der Waals surface area contributed by atoms with Gasteiger partial charge in [0.05, 0.1) is 10.2 Å². The van der Waals surface area contributed by atoms with E-state index in [-0.39, 0.29) is 0 Å². The van der Waals surface area contributed by atoms with Gasteiger partial charge in [-0.2, -0.15) is 11.3 Å². The molecule has 0 aliphatic carbocycles. The van der Waals surface area contributed by atoms with Crippen LogP contribution in [0.4, 0.5) is 5.82 Å². The van der Waals surface area contributed by atoms with Gasteiger partial charge in [-0.3, -0.25) is 0 Å². The average molecular weight is 340 g/mol. The Bertz CT molecular complexity index is 566. The van der Waals surface area contributed by atoms with E-state index in [1.54, 1.807) is 11.3 Å². The van der Waals surface area contributed by atoms with Crippen molar-refractivity contribution in [3.8, 4) is 11.4 Å². The molecule has 1 N–H and O–H groups in total. The minimum atomic E-state index is 0.817. The molecule has 0 atom stereocenters. The first-order valence-corrected chi connectivity index (χ1v) is 8.24. The topological polar surface area (TPSA) is 37.8 Å². The van der Waals surface area contributed by atoms with Crippen molar-refractivity contribution in [2.24, 2.45) is 0 Å². The van der Waals surface area contributed by atoms with E-state index >= 15 is 0 Å². The van der Waals surface area contributed by atoms with Crippen LogP contribution in [0.3, 0.4) is 0 Å². The Hall–Kier alpha value is -0.940. The molecule has 0 saturated carbocycles. The lowest BCUT2D eigenvalue weighted by Crippen LogP contribution is -2.07. The van der Waals surface area contributed by atoms with E-state index in [9.17, 15) is 0 Å². The summed E-state index contributed by atoms with van der Waals surface area (Å²) in [5.74, 6) is 1.71. The summed E-state index contributed by atoms with van der Waals surface area (Å²) in [4.78, 5) is 9.33. The third kappa shape index (κ3) is 3.15. The highest BCUT2D eigenvalue weighted by atomic mass is 79.9. The van der Waals surface area contributed by atoms with Crippen molar-refractivity contribution in [3.05, 3.63) is 26.5 Å². The van der Waals surface area contributed by atoms with Crippen molar-refractivity contribution < 1.29 is 0 Å². The molecule has 2 heterocycles. The van der Waals surface area contributed by atoms with Gasteiger partial charge in [0.1, 0.15) is 5.82 Å². The Morgan fingerprint density at radius 3 is 2.63 bits per heavy atom. The second-order valence-corrected chi connectivity index (χ2v) is 5.94. The molecule has 102 valence electrons. The highest BCUT2D eigenvalue weighted by Gasteiger charge is 2.13. The molecule has 2 aromatic heterocycles. The standard InChI is InChI=1S/C14H18BrN3S/c1-4-6-16-14-12(15)11(5-2)17-13(18-14)10-8-19-7-9(10)3/h7-8H,4-6H2,1-3H3,(H,16,17,18). The molecule has 2 aromatic rings. The number of aryl methyl sites for hydroxylation is 2. The summed E-state index contributed by atoms with van der Waals surface area (Å²) in [6.45, 7) is 7.27. The Balaban J connectivity index is 2.47. The lowest BCUT2D eigenvalue weighted by atomic mass is 10.2. The van der Waals surface area contributed by atoms with Crippen molar-refractivity contribution in [2.75, 3.05) is 11.9 Å². The van der Waals surface area contributed by atoms with E-state index in [2.05, 4.69) is 62.7 Å². The number of nitrogens with one attached hydrogen (secondary N) is 1. The molecule has 5 heteroatoms. The van der Waals surface area contributed by atoms with Gasteiger partial charge in [0.15, 0.2) is 5.82 Å². The highest BCUT2D eigenvalue weighted by molar-refractivity contribution is 9.10. The molecule has 3 nitrogen and oxygen atoms in total. The molecule has 0 aromatic carbocycles. The van der Waals surface area contributed by atoms with Crippen LogP contribution in [-0.2, 0) is 6.42 Å². The van der Waals surface area contributed by atoms with E-state index in [0.717, 1.165) is 46.8 Å². The highest BCUT2D eigenvalue weighted by Crippen LogP contribution is 2.30. The summed E-state index contributed by atoms with van der Waals surface area (Å²) in [5.41, 5.74) is 3.41. The number of nitrogens with zero attached hydrogens (tertiary/aromatic N) is 2. The van der Waals surface area contributed by atoms with Gasteiger partial charge < -0.3 is 5.32 Å². The fourth-order valence-electron chi connectivity index (χ4n) is 1.80. The third-order valence-corrected chi connectivity index (χ3v) is 4.59. The summed E-state index contributed by atoms with van der Waals surface area (Å²) in [6, 6.07) is 0. The van der Waals surface area contributed by atoms with Crippen molar-refractivity contribution in [3.63, 3.8) is 0 Å². The van der Waals surface area contributed by atoms with E-state index < -0.39 is 0 Å². The van der Waals surface area contributed by atoms with Gasteiger partial charge in [0.2, 0.25) is 0 Å². The number of halogens is 1. The van der Waals surface area contributed by atoms with Crippen LogP contribution in [0.5, 0.6) is 0 Å². The van der Waals surface area contributed by atoms with Crippen LogP contribution in [0.25, 0.3) is 11.4 Å². The SMILES string of the molecule is CCCNc1nc(-c2cscc2C)nc(CC)c1Br. The predicted octanol–water partition coefficient (Wildman–Crippen LogP) is 4.66. The van der Waals surface area contributed by atoms with Gasteiger partial charge in [-0.05, 0) is 46.6 Å². The summed E-state index contributed by atoms with van der Waals surface area (Å²) in [6.07, 6.45) is 1.96. The van der Waals surface area contributed by atoms with Crippen LogP contribution < -0.4 is 5.32 Å². The van der Waals surface area contributed by atoms with E-state index in [1.807, 2.05) is 0 Å². The maximum atomic E-state index is 4.67. The zero-order chi connectivity index (χ0) is 13.8. The van der Waals surface area contributed by atoms with Gasteiger partial charge in [-0.1, -0.05) is 13.8 Å². The molecule has 0 radical (unpaired) electrons. The fraction of sp³-hybridized carbons (Fsp3) is 0.429. The monoisotopic (exact) mass is 339 g/mol. The molecule has 0 saturated heterocycles. The molecule has 0 bridgehead atoms. The number of rotatable bonds is 5. The zero-order valence-corrected chi connectivity index (χ0v) is 13.9. The summed E-state index contributed by atoms with van der Waals surface area (Å²) in [7, 11) is 0. The second kappa shape index (κ2) is 6.48. The lowest BCUT2D eigenvalue weighted by Gasteiger charge is -2.11. The number of aromatic nitrogens is 2. The first-order valence-electron chi connectivity index (χ1n) is 6.50. The van der Waals surface area contributed by atoms with Crippen LogP contribution >= 0.6 is 27.3 Å². The molecule has 2 rings (SSSR count). The summed E-state index contributed by atoms with van der Waals surface area (Å²) < 4.78 is 0.986. The minimum absolute atomic E-state index is 0.817. The second-order valence-electron chi connectivity index (χ2n) is 4.41. The quantitative estimate of drug-likeness (QED) is 0.860. The van der Waals surface area contributed by atoms with Crippen LogP contribution in [0.1, 0.15) is 31.5 Å². The number of anilines is 1. The average Bonchev–Trinajstić information content (AvgIpc) is 2.84. The Kier molecular flexibility index (Phi) is 4.93. The molecule has 0 fully saturated rings. The minimum Gasteiger partial charge on any atom is -0.369 e. The Labute approximate surface area is 126 Å². The van der Waals surface area contributed by atoms with Crippen LogP contribution in [0.15, 0.2) is 15.2 Å². The molecule has 0 spiro atoms. The molecule has 19 heavy (non-hydrogen) atoms. The summed E-state index contributed by atoms with van der Waals surface area (Å²) >= 11 is 5.29. The molecule has 0 unspecified atom stereocenters. The van der Waals surface area contributed by atoms with Crippen molar-refractivity contribution in [2.45, 2.75) is 33.6 Å². The number of hydrogen-bond donors (Lipinski definition) is 1. The number of thiophene rings is 1. The Morgan fingerprint density at radius 1 is 1.26 bits per heavy atom. The number of hydrogen-bond acceptors (Lipinski definition) is 4. The van der Waals surface area contributed by atoms with Crippen molar-refractivity contribution in [1.82, 2.24) is 9.97 Å². The zero-order valence-electron chi connectivity index (χ0n) is 11.5. The maximum absolute atomic E-state index is 4.67. The van der Waals surface area contributed by atoms with Gasteiger partial charge in [-0.25, -0.2) is 9.97 Å². The van der Waals surface area contributed by atoms with Gasteiger partial charge >= 0.3 is 0 Å². The Morgan fingerprint density at radius 2 is 2.05 bits per heavy atom. The predicted molar refractivity (Wildman–Crippen MR) is 85.9 cm³/mol. The molecule has 0 aliphatic heterocycles. The molecular formula is C14H18BrN3S. The normalized spacial score (nSPS) is 10.7. The van der Waals surface area contributed by atoms with Gasteiger partial charge in [0, 0.05) is 17.5 Å². The molecular weight excluding hydrogens is 322 g/mol. The van der Waals surface area contributed by atoms with Gasteiger partial charge in [0.25, 0.3) is 0 Å². The first-order chi connectivity index (χ1) is 9.17. The smallest absolute Gasteiger partial charge is 0.162 e. The largest absolute Gasteiger partial charge is 0.369 e. The van der Waals surface area contributed by atoms with Gasteiger partial charge in [-0.15, -0.1) is 0 Å².